The quantitative estimate of drug-likeness (QED) is 0.644. The number of aryl methyl sites for hydroxylation is 1. The minimum atomic E-state index is -1.34. The van der Waals surface area contributed by atoms with E-state index in [9.17, 15) is 14.9 Å². The van der Waals surface area contributed by atoms with Crippen LogP contribution in [-0.2, 0) is 23.0 Å². The van der Waals surface area contributed by atoms with Crippen LogP contribution in [0.2, 0.25) is 0 Å². The molecule has 3 aromatic rings. The van der Waals surface area contributed by atoms with Gasteiger partial charge in [0.1, 0.15) is 0 Å². The number of nitrogens with two attached hydrogens (primary N) is 1. The van der Waals surface area contributed by atoms with Crippen molar-refractivity contribution < 1.29 is 9.53 Å². The van der Waals surface area contributed by atoms with Crippen LogP contribution in [0.3, 0.4) is 0 Å². The lowest BCUT2D eigenvalue weighted by Crippen LogP contribution is -2.57. The zero-order valence-corrected chi connectivity index (χ0v) is 18.0. The number of nitriles is 1. The van der Waals surface area contributed by atoms with Crippen LogP contribution in [-0.4, -0.2) is 35.8 Å². The third-order valence-corrected chi connectivity index (χ3v) is 6.24. The van der Waals surface area contributed by atoms with Crippen LogP contribution in [0, 0.1) is 17.2 Å². The molecule has 4 rings (SSSR count). The Balaban J connectivity index is 1.60. The largest absolute Gasteiger partial charge is 0.367 e. The van der Waals surface area contributed by atoms with E-state index in [2.05, 4.69) is 11.4 Å². The zero-order chi connectivity index (χ0) is 22.7. The van der Waals surface area contributed by atoms with Crippen molar-refractivity contribution in [3.8, 4) is 17.2 Å². The standard InChI is InChI=1S/C25H26N4O3/c1-29-22-14-20(8-7-19(22)9-10-23(29)30)18-5-3-17(4-6-18)13-21(15-26)25(24(27)31)16-28-11-2-12-32-25/h3-10,14,21,28H,2,11-13,16H2,1H3,(H2,27,31). The molecule has 2 atom stereocenters. The third kappa shape index (κ3) is 4.03. The van der Waals surface area contributed by atoms with Crippen LogP contribution in [0.4, 0.5) is 0 Å². The number of carbonyl (C=O) groups excluding carboxylic acids is 1. The first-order chi connectivity index (χ1) is 15.4. The number of carbonyl (C=O) groups is 1. The molecular weight excluding hydrogens is 404 g/mol. The van der Waals surface area contributed by atoms with Gasteiger partial charge < -0.3 is 20.4 Å². The van der Waals surface area contributed by atoms with Gasteiger partial charge in [-0.15, -0.1) is 0 Å². The molecule has 1 aromatic heterocycles. The summed E-state index contributed by atoms with van der Waals surface area (Å²) in [7, 11) is 1.76. The monoisotopic (exact) mass is 430 g/mol. The Labute approximate surface area is 186 Å². The van der Waals surface area contributed by atoms with Gasteiger partial charge in [0.2, 0.25) is 0 Å². The molecule has 0 radical (unpaired) electrons. The second-order valence-corrected chi connectivity index (χ2v) is 8.22. The van der Waals surface area contributed by atoms with Crippen molar-refractivity contribution in [2.24, 2.45) is 18.7 Å². The molecule has 2 heterocycles. The number of rotatable bonds is 5. The maximum absolute atomic E-state index is 12.3. The van der Waals surface area contributed by atoms with Crippen molar-refractivity contribution in [2.45, 2.75) is 18.4 Å². The zero-order valence-electron chi connectivity index (χ0n) is 18.0. The van der Waals surface area contributed by atoms with Crippen molar-refractivity contribution in [1.82, 2.24) is 9.88 Å². The number of ether oxygens (including phenoxy) is 1. The number of nitrogens with zero attached hydrogens (tertiary/aromatic N) is 2. The van der Waals surface area contributed by atoms with Gasteiger partial charge in [-0.3, -0.25) is 9.59 Å². The predicted octanol–water partition coefficient (Wildman–Crippen LogP) is 2.12. The Morgan fingerprint density at radius 1 is 1.22 bits per heavy atom. The minimum Gasteiger partial charge on any atom is -0.367 e. The summed E-state index contributed by atoms with van der Waals surface area (Å²) in [6, 6.07) is 19.5. The van der Waals surface area contributed by atoms with Crippen LogP contribution in [0.25, 0.3) is 22.0 Å². The van der Waals surface area contributed by atoms with Crippen molar-refractivity contribution >= 4 is 16.8 Å². The molecule has 2 unspecified atom stereocenters. The Kier molecular flexibility index (Phi) is 6.08. The van der Waals surface area contributed by atoms with Crippen LogP contribution in [0.15, 0.2) is 59.4 Å². The fourth-order valence-electron chi connectivity index (χ4n) is 4.26. The van der Waals surface area contributed by atoms with Crippen LogP contribution in [0.1, 0.15) is 12.0 Å². The van der Waals surface area contributed by atoms with E-state index in [-0.39, 0.29) is 12.1 Å². The second kappa shape index (κ2) is 8.95. The molecule has 1 fully saturated rings. The molecule has 3 N–H and O–H groups in total. The van der Waals surface area contributed by atoms with Gasteiger partial charge in [0.25, 0.3) is 11.5 Å². The van der Waals surface area contributed by atoms with Crippen LogP contribution < -0.4 is 16.6 Å². The summed E-state index contributed by atoms with van der Waals surface area (Å²) in [5.74, 6) is -1.32. The Hall–Kier alpha value is -3.47. The highest BCUT2D eigenvalue weighted by Crippen LogP contribution is 2.29. The van der Waals surface area contributed by atoms with Crippen molar-refractivity contribution in [2.75, 3.05) is 19.7 Å². The van der Waals surface area contributed by atoms with Gasteiger partial charge in [0.15, 0.2) is 5.60 Å². The number of pyridine rings is 1. The maximum Gasteiger partial charge on any atom is 0.252 e. The predicted molar refractivity (Wildman–Crippen MR) is 123 cm³/mol. The van der Waals surface area contributed by atoms with Crippen molar-refractivity contribution in [3.05, 3.63) is 70.5 Å². The van der Waals surface area contributed by atoms with E-state index in [1.807, 2.05) is 48.5 Å². The first-order valence-corrected chi connectivity index (χ1v) is 10.7. The number of hydrogen-bond acceptors (Lipinski definition) is 5. The molecule has 1 aliphatic rings. The number of aromatic nitrogens is 1. The molecular formula is C25H26N4O3. The summed E-state index contributed by atoms with van der Waals surface area (Å²) in [6.07, 6.45) is 1.12. The van der Waals surface area contributed by atoms with E-state index in [1.165, 1.54) is 0 Å². The third-order valence-electron chi connectivity index (χ3n) is 6.24. The van der Waals surface area contributed by atoms with Crippen LogP contribution in [0.5, 0.6) is 0 Å². The highest BCUT2D eigenvalue weighted by molar-refractivity contribution is 5.85. The molecule has 7 heteroatoms. The molecule has 32 heavy (non-hydrogen) atoms. The highest BCUT2D eigenvalue weighted by Gasteiger charge is 2.46. The molecule has 0 saturated carbocycles. The molecule has 164 valence electrons. The molecule has 0 spiro atoms. The van der Waals surface area contributed by atoms with Crippen molar-refractivity contribution in [3.63, 3.8) is 0 Å². The van der Waals surface area contributed by atoms with Gasteiger partial charge >= 0.3 is 0 Å². The number of benzene rings is 2. The summed E-state index contributed by atoms with van der Waals surface area (Å²) < 4.78 is 7.48. The number of primary amides is 1. The Morgan fingerprint density at radius 2 is 1.94 bits per heavy atom. The van der Waals surface area contributed by atoms with E-state index < -0.39 is 17.4 Å². The smallest absolute Gasteiger partial charge is 0.252 e. The normalized spacial score (nSPS) is 19.8. The van der Waals surface area contributed by atoms with E-state index >= 15 is 0 Å². The lowest BCUT2D eigenvalue weighted by atomic mass is 9.82. The van der Waals surface area contributed by atoms with E-state index in [4.69, 9.17) is 10.5 Å². The molecule has 7 nitrogen and oxygen atoms in total. The number of fused-ring (bicyclic) bond motifs is 1. The second-order valence-electron chi connectivity index (χ2n) is 8.22. The first kappa shape index (κ1) is 21.8. The fourth-order valence-corrected chi connectivity index (χ4v) is 4.26. The minimum absolute atomic E-state index is 0.0499. The van der Waals surface area contributed by atoms with E-state index in [1.54, 1.807) is 17.7 Å². The fraction of sp³-hybridized carbons (Fsp3) is 0.320. The lowest BCUT2D eigenvalue weighted by Gasteiger charge is -2.33. The van der Waals surface area contributed by atoms with Gasteiger partial charge in [-0.25, -0.2) is 0 Å². The molecule has 1 aliphatic heterocycles. The van der Waals surface area contributed by atoms with Crippen LogP contribution >= 0.6 is 0 Å². The van der Waals surface area contributed by atoms with Crippen molar-refractivity contribution in [1.29, 1.82) is 5.26 Å². The molecule has 0 bridgehead atoms. The average molecular weight is 431 g/mol. The highest BCUT2D eigenvalue weighted by atomic mass is 16.5. The number of amides is 1. The molecule has 1 amide bonds. The number of hydrogen-bond donors (Lipinski definition) is 2. The number of nitrogens with one attached hydrogen (secondary N) is 1. The van der Waals surface area contributed by atoms with E-state index in [0.29, 0.717) is 13.0 Å². The molecule has 1 saturated heterocycles. The first-order valence-electron chi connectivity index (χ1n) is 10.7. The Morgan fingerprint density at radius 3 is 2.66 bits per heavy atom. The van der Waals surface area contributed by atoms with Gasteiger partial charge in [-0.1, -0.05) is 36.4 Å². The average Bonchev–Trinajstić information content (AvgIpc) is 3.07. The van der Waals surface area contributed by atoms with Gasteiger partial charge in [-0.2, -0.15) is 5.26 Å². The Bertz CT molecular complexity index is 1230. The molecule has 2 aromatic carbocycles. The SMILES string of the molecule is Cn1c(=O)ccc2ccc(-c3ccc(CC(C#N)C4(C(N)=O)CNCCCO4)cc3)cc21. The van der Waals surface area contributed by atoms with Gasteiger partial charge in [0, 0.05) is 26.3 Å². The maximum atomic E-state index is 12.3. The lowest BCUT2D eigenvalue weighted by molar-refractivity contribution is -0.147. The van der Waals surface area contributed by atoms with E-state index in [0.717, 1.165) is 40.6 Å². The van der Waals surface area contributed by atoms with Gasteiger partial charge in [0.05, 0.1) is 17.5 Å². The summed E-state index contributed by atoms with van der Waals surface area (Å²) in [5.41, 5.74) is 8.08. The summed E-state index contributed by atoms with van der Waals surface area (Å²) in [5, 5.41) is 14.0. The summed E-state index contributed by atoms with van der Waals surface area (Å²) in [4.78, 5) is 24.3. The topological polar surface area (TPSA) is 110 Å². The summed E-state index contributed by atoms with van der Waals surface area (Å²) in [6.45, 7) is 1.34. The van der Waals surface area contributed by atoms with Gasteiger partial charge in [-0.05, 0) is 53.6 Å². The summed E-state index contributed by atoms with van der Waals surface area (Å²) >= 11 is 0. The molecule has 0 aliphatic carbocycles.